The van der Waals surface area contributed by atoms with Crippen LogP contribution in [0.1, 0.15) is 54.4 Å². The third-order valence-corrected chi connectivity index (χ3v) is 8.80. The summed E-state index contributed by atoms with van der Waals surface area (Å²) >= 11 is 0. The van der Waals surface area contributed by atoms with Gasteiger partial charge in [0.15, 0.2) is 5.78 Å². The van der Waals surface area contributed by atoms with E-state index in [1.165, 1.54) is 30.5 Å². The minimum atomic E-state index is -1.08. The maximum Gasteiger partial charge on any atom is 0.407 e. The van der Waals surface area contributed by atoms with Crippen LogP contribution in [0.2, 0.25) is 0 Å². The zero-order valence-corrected chi connectivity index (χ0v) is 26.4. The number of amides is 1. The van der Waals surface area contributed by atoms with Gasteiger partial charge in [0.2, 0.25) is 0 Å². The second kappa shape index (κ2) is 15.8. The van der Waals surface area contributed by atoms with Gasteiger partial charge in [-0.15, -0.1) is 0 Å². The predicted octanol–water partition coefficient (Wildman–Crippen LogP) is 4.35. The van der Waals surface area contributed by atoms with Gasteiger partial charge in [0, 0.05) is 44.8 Å². The largest absolute Gasteiger partial charge is 0.447 e. The van der Waals surface area contributed by atoms with Gasteiger partial charge < -0.3 is 30.6 Å². The Hall–Kier alpha value is -3.84. The fourth-order valence-corrected chi connectivity index (χ4v) is 6.18. The smallest absolute Gasteiger partial charge is 0.407 e. The number of pyridine rings is 1. The number of nitrogens with two attached hydrogens (primary N) is 1. The van der Waals surface area contributed by atoms with Crippen LogP contribution >= 0.6 is 0 Å². The van der Waals surface area contributed by atoms with Gasteiger partial charge in [-0.2, -0.15) is 0 Å². The number of hydrogen-bond donors (Lipinski definition) is 3. The molecule has 9 nitrogen and oxygen atoms in total. The van der Waals surface area contributed by atoms with E-state index in [1.54, 1.807) is 24.3 Å². The fraction of sp³-hybridized carbons (Fsp3) is 0.457. The average Bonchev–Trinajstić information content (AvgIpc) is 3.51. The molecule has 1 aromatic heterocycles. The highest BCUT2D eigenvalue weighted by Gasteiger charge is 2.31. The number of morpholine rings is 1. The lowest BCUT2D eigenvalue weighted by atomic mass is 9.82. The molecule has 12 heteroatoms. The summed E-state index contributed by atoms with van der Waals surface area (Å²) in [6.07, 6.45) is 3.71. The molecule has 0 saturated carbocycles. The van der Waals surface area contributed by atoms with E-state index < -0.39 is 35.5 Å². The van der Waals surface area contributed by atoms with Crippen molar-refractivity contribution < 1.29 is 37.0 Å². The highest BCUT2D eigenvalue weighted by Crippen LogP contribution is 2.30. The topological polar surface area (TPSA) is 125 Å². The van der Waals surface area contributed by atoms with Crippen molar-refractivity contribution in [1.29, 1.82) is 0 Å². The zero-order valence-electron chi connectivity index (χ0n) is 26.4. The van der Waals surface area contributed by atoms with Crippen LogP contribution in [0.5, 0.6) is 0 Å². The third kappa shape index (κ3) is 9.38. The number of halogens is 3. The Morgan fingerprint density at radius 2 is 1.70 bits per heavy atom. The molecule has 47 heavy (non-hydrogen) atoms. The number of hydrogen-bond acceptors (Lipinski definition) is 8. The second-order valence-electron chi connectivity index (χ2n) is 12.4. The Morgan fingerprint density at radius 3 is 2.34 bits per heavy atom. The van der Waals surface area contributed by atoms with Crippen molar-refractivity contribution in [1.82, 2.24) is 15.6 Å². The number of alkyl carbamates (subject to hydrolysis) is 1. The molecule has 0 radical (unpaired) electrons. The quantitative estimate of drug-likeness (QED) is 0.249. The summed E-state index contributed by atoms with van der Waals surface area (Å²) in [5, 5.41) is 6.03. The molecule has 5 rings (SSSR count). The van der Waals surface area contributed by atoms with Crippen LogP contribution in [0.4, 0.5) is 18.0 Å². The molecule has 0 spiro atoms. The van der Waals surface area contributed by atoms with Crippen molar-refractivity contribution in [2.75, 3.05) is 32.8 Å². The fourth-order valence-electron chi connectivity index (χ4n) is 6.18. The number of benzene rings is 2. The van der Waals surface area contributed by atoms with E-state index in [4.69, 9.17) is 19.9 Å². The average molecular weight is 655 g/mol. The van der Waals surface area contributed by atoms with Gasteiger partial charge in [-0.3, -0.25) is 9.78 Å². The Morgan fingerprint density at radius 1 is 1.04 bits per heavy atom. The van der Waals surface area contributed by atoms with E-state index in [0.717, 1.165) is 19.0 Å². The van der Waals surface area contributed by atoms with Crippen LogP contribution in [0.25, 0.3) is 0 Å². The number of ketones is 1. The summed E-state index contributed by atoms with van der Waals surface area (Å²) in [7, 11) is 0. The molecule has 1 amide bonds. The SMILES string of the molecule is CC1(CNC(=O)OC[C@@H]2CNC[C@@H](CCc3c(F)cncc3CC(=O)C(N)C(c3ccc(F)cc3)c3ccc(F)cc3)O2)CCCO1. The Labute approximate surface area is 272 Å². The highest BCUT2D eigenvalue weighted by atomic mass is 19.1. The first kappa shape index (κ1) is 34.5. The molecule has 2 fully saturated rings. The van der Waals surface area contributed by atoms with Gasteiger partial charge >= 0.3 is 6.09 Å². The first-order valence-corrected chi connectivity index (χ1v) is 15.9. The molecule has 2 aliphatic rings. The van der Waals surface area contributed by atoms with Gasteiger partial charge in [0.1, 0.15) is 30.2 Å². The van der Waals surface area contributed by atoms with Crippen molar-refractivity contribution in [2.45, 2.75) is 68.8 Å². The minimum absolute atomic E-state index is 0.0530. The zero-order chi connectivity index (χ0) is 33.4. The van der Waals surface area contributed by atoms with Crippen LogP contribution in [-0.2, 0) is 31.8 Å². The number of aromatic nitrogens is 1. The van der Waals surface area contributed by atoms with Crippen LogP contribution < -0.4 is 16.4 Å². The van der Waals surface area contributed by atoms with Crippen molar-refractivity contribution in [3.63, 3.8) is 0 Å². The number of Topliss-reactive ketones (excluding diaryl/α,β-unsaturated/α-hetero) is 1. The predicted molar refractivity (Wildman–Crippen MR) is 168 cm³/mol. The molecule has 0 bridgehead atoms. The molecular formula is C35H41F3N4O5. The molecule has 4 atom stereocenters. The molecular weight excluding hydrogens is 613 g/mol. The molecule has 2 saturated heterocycles. The maximum atomic E-state index is 15.1. The van der Waals surface area contributed by atoms with Crippen LogP contribution in [0.15, 0.2) is 60.9 Å². The van der Waals surface area contributed by atoms with Gasteiger partial charge in [0.25, 0.3) is 0 Å². The first-order valence-electron chi connectivity index (χ1n) is 15.9. The lowest BCUT2D eigenvalue weighted by Crippen LogP contribution is -2.48. The third-order valence-electron chi connectivity index (χ3n) is 8.80. The Balaban J connectivity index is 1.18. The van der Waals surface area contributed by atoms with E-state index >= 15 is 4.39 Å². The van der Waals surface area contributed by atoms with Gasteiger partial charge in [0.05, 0.1) is 23.9 Å². The minimum Gasteiger partial charge on any atom is -0.447 e. The monoisotopic (exact) mass is 654 g/mol. The molecule has 4 N–H and O–H groups in total. The second-order valence-corrected chi connectivity index (χ2v) is 12.4. The number of rotatable bonds is 13. The van der Waals surface area contributed by atoms with E-state index in [1.807, 2.05) is 6.92 Å². The summed E-state index contributed by atoms with van der Waals surface area (Å²) in [6.45, 7) is 4.08. The highest BCUT2D eigenvalue weighted by molar-refractivity contribution is 5.87. The van der Waals surface area contributed by atoms with Crippen molar-refractivity contribution in [2.24, 2.45) is 5.73 Å². The van der Waals surface area contributed by atoms with Crippen molar-refractivity contribution >= 4 is 11.9 Å². The number of nitrogens with zero attached hydrogens (tertiary/aromatic N) is 1. The van der Waals surface area contributed by atoms with E-state index in [2.05, 4.69) is 15.6 Å². The molecule has 252 valence electrons. The maximum absolute atomic E-state index is 15.1. The first-order chi connectivity index (χ1) is 22.6. The molecule has 2 aromatic carbocycles. The van der Waals surface area contributed by atoms with E-state index in [9.17, 15) is 18.4 Å². The van der Waals surface area contributed by atoms with Crippen molar-refractivity contribution in [3.8, 4) is 0 Å². The number of carbonyl (C=O) groups is 2. The summed E-state index contributed by atoms with van der Waals surface area (Å²) < 4.78 is 59.7. The lowest BCUT2D eigenvalue weighted by molar-refractivity contribution is -0.119. The molecule has 2 aliphatic heterocycles. The van der Waals surface area contributed by atoms with Gasteiger partial charge in [-0.05, 0) is 79.1 Å². The molecule has 2 unspecified atom stereocenters. The summed E-state index contributed by atoms with van der Waals surface area (Å²) in [5.74, 6) is -2.49. The number of ether oxygens (including phenoxy) is 3. The Kier molecular flexibility index (Phi) is 11.6. The Bertz CT molecular complexity index is 1460. The van der Waals surface area contributed by atoms with E-state index in [-0.39, 0.29) is 43.0 Å². The van der Waals surface area contributed by atoms with Crippen LogP contribution in [0.3, 0.4) is 0 Å². The van der Waals surface area contributed by atoms with Crippen LogP contribution in [-0.4, -0.2) is 73.6 Å². The summed E-state index contributed by atoms with van der Waals surface area (Å²) in [4.78, 5) is 29.8. The van der Waals surface area contributed by atoms with Crippen LogP contribution in [0, 0.1) is 17.5 Å². The molecule has 3 heterocycles. The standard InChI is InChI=1S/C35H41F3N4O5/c1-35(13-2-14-46-35)21-42-34(44)45-20-28-18-41-17-27(47-28)11-12-29-24(16-40-19-30(29)38)15-31(43)33(39)32(22-3-7-25(36)8-4-22)23-5-9-26(37)10-6-23/h3-10,16,19,27-28,32-33,41H,2,11-15,17-18,20-21,39H2,1H3,(H,42,44)/t27-,28+,33?,35?/m1/s1. The number of carbonyl (C=O) groups excluding carboxylic acids is 2. The van der Waals surface area contributed by atoms with E-state index in [0.29, 0.717) is 54.9 Å². The molecule has 0 aliphatic carbocycles. The summed E-state index contributed by atoms with van der Waals surface area (Å²) in [5.41, 5.74) is 8.07. The molecule has 3 aromatic rings. The van der Waals surface area contributed by atoms with Gasteiger partial charge in [-0.25, -0.2) is 18.0 Å². The summed E-state index contributed by atoms with van der Waals surface area (Å²) in [6, 6.07) is 10.2. The van der Waals surface area contributed by atoms with Gasteiger partial charge in [-0.1, -0.05) is 24.3 Å². The lowest BCUT2D eigenvalue weighted by Gasteiger charge is -2.31. The number of nitrogens with one attached hydrogen (secondary N) is 2. The normalized spacial score (nSPS) is 21.8. The van der Waals surface area contributed by atoms with Crippen molar-refractivity contribution in [3.05, 3.63) is 101 Å².